The molecule has 0 bridgehead atoms. The Balaban J connectivity index is 0. The average Bonchev–Trinajstić information content (AvgIpc) is 2.46. The van der Waals surface area contributed by atoms with Crippen molar-refractivity contribution in [2.75, 3.05) is 13.2 Å². The minimum Gasteiger partial charge on any atom is -0.417 e. The molecular weight excluding hydrogens is 432 g/mol. The maximum absolute atomic E-state index is 6.02. The molecule has 0 aromatic heterocycles. The Morgan fingerprint density at radius 2 is 1.30 bits per heavy atom. The molecule has 0 rings (SSSR count). The van der Waals surface area contributed by atoms with Gasteiger partial charge in [-0.15, -0.1) is 11.8 Å². The summed E-state index contributed by atoms with van der Waals surface area (Å²) in [5.74, 6) is 5.90. The van der Waals surface area contributed by atoms with E-state index in [1.807, 2.05) is 13.8 Å². The third-order valence-corrected chi connectivity index (χ3v) is 14.9. The molecule has 0 aromatic carbocycles. The van der Waals surface area contributed by atoms with Gasteiger partial charge in [-0.3, -0.25) is 0 Å². The van der Waals surface area contributed by atoms with Crippen LogP contribution in [0.15, 0.2) is 10.6 Å². The van der Waals surface area contributed by atoms with E-state index >= 15 is 0 Å². The minimum atomic E-state index is -1.52. The van der Waals surface area contributed by atoms with E-state index in [2.05, 4.69) is 102 Å². The van der Waals surface area contributed by atoms with E-state index in [0.717, 1.165) is 26.1 Å². The third-order valence-electron chi connectivity index (χ3n) is 5.49. The summed E-state index contributed by atoms with van der Waals surface area (Å²) in [6, 6.07) is 0. The van der Waals surface area contributed by atoms with Gasteiger partial charge in [0.2, 0.25) is 0 Å². The van der Waals surface area contributed by atoms with Crippen LogP contribution in [0.5, 0.6) is 0 Å². The zero-order chi connectivity index (χ0) is 21.9. The summed E-state index contributed by atoms with van der Waals surface area (Å²) in [4.78, 5) is 0. The van der Waals surface area contributed by atoms with Gasteiger partial charge in [-0.2, -0.15) is 0 Å². The highest BCUT2D eigenvalue weighted by atomic mass is 79.9. The molecule has 0 radical (unpaired) electrons. The molecule has 5 heteroatoms. The second-order valence-corrected chi connectivity index (χ2v) is 20.8. The lowest BCUT2D eigenvalue weighted by molar-refractivity contribution is 0.294. The fourth-order valence-corrected chi connectivity index (χ4v) is 3.82. The summed E-state index contributed by atoms with van der Waals surface area (Å²) < 4.78 is 13.1. The average molecular weight is 478 g/mol. The Kier molecular flexibility index (Phi) is 13.7. The van der Waals surface area contributed by atoms with E-state index in [4.69, 9.17) is 8.85 Å². The number of hydrogen-bond acceptors (Lipinski definition) is 2. The van der Waals surface area contributed by atoms with E-state index in [-0.39, 0.29) is 0 Å². The molecule has 0 aliphatic carbocycles. The van der Waals surface area contributed by atoms with Crippen LogP contribution in [-0.4, -0.2) is 29.8 Å². The first kappa shape index (κ1) is 29.3. The number of rotatable bonds is 7. The monoisotopic (exact) mass is 476 g/mol. The van der Waals surface area contributed by atoms with Crippen molar-refractivity contribution in [1.29, 1.82) is 0 Å². The summed E-state index contributed by atoms with van der Waals surface area (Å²) in [6.45, 7) is 28.2. The highest BCUT2D eigenvalue weighted by Gasteiger charge is 2.37. The summed E-state index contributed by atoms with van der Waals surface area (Å²) in [6.07, 6.45) is 4.03. The van der Waals surface area contributed by atoms with Crippen molar-refractivity contribution in [1.82, 2.24) is 0 Å². The molecular formula is C22H45BrO2Si2. The summed E-state index contributed by atoms with van der Waals surface area (Å²) >= 11 is 3.41. The Morgan fingerprint density at radius 1 is 0.889 bits per heavy atom. The van der Waals surface area contributed by atoms with E-state index in [0.29, 0.717) is 10.1 Å². The van der Waals surface area contributed by atoms with Gasteiger partial charge in [0, 0.05) is 19.6 Å². The molecule has 0 heterocycles. The Bertz CT molecular complexity index is 497. The van der Waals surface area contributed by atoms with Crippen molar-refractivity contribution >= 4 is 32.6 Å². The largest absolute Gasteiger partial charge is 0.417 e. The van der Waals surface area contributed by atoms with Gasteiger partial charge < -0.3 is 8.85 Å². The van der Waals surface area contributed by atoms with Gasteiger partial charge in [0.25, 0.3) is 0 Å². The van der Waals surface area contributed by atoms with Crippen molar-refractivity contribution in [2.45, 2.75) is 104 Å². The van der Waals surface area contributed by atoms with Crippen LogP contribution in [0.3, 0.4) is 0 Å². The van der Waals surface area contributed by atoms with E-state index in [1.165, 1.54) is 4.48 Å². The zero-order valence-corrected chi connectivity index (χ0v) is 23.7. The van der Waals surface area contributed by atoms with Crippen molar-refractivity contribution in [3.8, 4) is 11.8 Å². The molecule has 0 atom stereocenters. The summed E-state index contributed by atoms with van der Waals surface area (Å²) in [5, 5.41) is 0.632. The van der Waals surface area contributed by atoms with Crippen LogP contribution in [0.4, 0.5) is 0 Å². The van der Waals surface area contributed by atoms with Crippen LogP contribution < -0.4 is 0 Å². The van der Waals surface area contributed by atoms with Gasteiger partial charge in [0.1, 0.15) is 0 Å². The third kappa shape index (κ3) is 13.9. The van der Waals surface area contributed by atoms with Crippen molar-refractivity contribution in [3.05, 3.63) is 10.6 Å². The van der Waals surface area contributed by atoms with Gasteiger partial charge in [-0.05, 0) is 61.0 Å². The molecule has 2 nitrogen and oxygen atoms in total. The van der Waals surface area contributed by atoms with Crippen molar-refractivity contribution in [2.24, 2.45) is 0 Å². The molecule has 0 saturated heterocycles. The lowest BCUT2D eigenvalue weighted by Crippen LogP contribution is -2.40. The second kappa shape index (κ2) is 12.6. The molecule has 0 amide bonds. The molecule has 0 unspecified atom stereocenters. The van der Waals surface area contributed by atoms with Gasteiger partial charge in [-0.1, -0.05) is 63.5 Å². The fraction of sp³-hybridized carbons (Fsp3) is 0.818. The van der Waals surface area contributed by atoms with Crippen LogP contribution in [0.1, 0.15) is 68.2 Å². The lowest BCUT2D eigenvalue weighted by atomic mass is 10.2. The zero-order valence-electron chi connectivity index (χ0n) is 20.1. The van der Waals surface area contributed by atoms with Crippen molar-refractivity contribution in [3.63, 3.8) is 0 Å². The number of hydrogen-bond donors (Lipinski definition) is 0. The van der Waals surface area contributed by atoms with Crippen LogP contribution in [0.25, 0.3) is 0 Å². The maximum Gasteiger partial charge on any atom is 0.192 e. The van der Waals surface area contributed by atoms with Crippen molar-refractivity contribution < 1.29 is 8.85 Å². The molecule has 27 heavy (non-hydrogen) atoms. The van der Waals surface area contributed by atoms with E-state index < -0.39 is 16.6 Å². The van der Waals surface area contributed by atoms with Crippen LogP contribution in [0.2, 0.25) is 36.3 Å². The standard InChI is InChI=1S/C11H23BrOSi.C11H22OSi/c1-10(12)8-7-9-13-14(5,6)11(2,3)4;1-7-8-9-10-12-13(5,6)11(2,3)4/h8H,7,9H2,1-6H3;9-10H2,1-6H3/b10-8+;. The predicted molar refractivity (Wildman–Crippen MR) is 132 cm³/mol. The van der Waals surface area contributed by atoms with Crippen LogP contribution in [-0.2, 0) is 8.85 Å². The maximum atomic E-state index is 6.02. The second-order valence-electron chi connectivity index (χ2n) is 9.97. The first-order valence-corrected chi connectivity index (χ1v) is 16.6. The first-order valence-electron chi connectivity index (χ1n) is 9.98. The normalized spacial score (nSPS) is 13.4. The van der Waals surface area contributed by atoms with Gasteiger partial charge in [0.05, 0.1) is 0 Å². The van der Waals surface area contributed by atoms with Gasteiger partial charge >= 0.3 is 0 Å². The first-order chi connectivity index (χ1) is 12.0. The van der Waals surface area contributed by atoms with Gasteiger partial charge in [-0.25, -0.2) is 0 Å². The molecule has 0 N–H and O–H groups in total. The Morgan fingerprint density at radius 3 is 1.63 bits per heavy atom. The minimum absolute atomic E-state index is 0.312. The number of halogens is 1. The van der Waals surface area contributed by atoms with E-state index in [1.54, 1.807) is 0 Å². The molecule has 0 spiro atoms. The molecule has 0 aliphatic heterocycles. The highest BCUT2D eigenvalue weighted by molar-refractivity contribution is 9.11. The highest BCUT2D eigenvalue weighted by Crippen LogP contribution is 2.37. The van der Waals surface area contributed by atoms with E-state index in [9.17, 15) is 0 Å². The SMILES string of the molecule is C/C(Br)=C\CCO[Si](C)(C)C(C)(C)C.CC#CCCO[Si](C)(C)C(C)(C)C. The summed E-state index contributed by atoms with van der Waals surface area (Å²) in [5.41, 5.74) is 0. The predicted octanol–water partition coefficient (Wildman–Crippen LogP) is 8.12. The fourth-order valence-electron chi connectivity index (χ4n) is 1.49. The van der Waals surface area contributed by atoms with Crippen LogP contribution in [0, 0.1) is 11.8 Å². The quantitative estimate of drug-likeness (QED) is 0.209. The molecule has 0 saturated carbocycles. The Hall–Kier alpha value is 0.134. The number of allylic oxidation sites excluding steroid dienone is 1. The smallest absolute Gasteiger partial charge is 0.192 e. The molecule has 0 fully saturated rings. The summed E-state index contributed by atoms with van der Waals surface area (Å²) in [7, 11) is -3.04. The molecule has 0 aliphatic rings. The lowest BCUT2D eigenvalue weighted by Gasteiger charge is -2.36. The Labute approximate surface area is 181 Å². The molecule has 0 aromatic rings. The van der Waals surface area contributed by atoms with Gasteiger partial charge in [0.15, 0.2) is 16.6 Å². The molecule has 160 valence electrons. The van der Waals surface area contributed by atoms with Crippen LogP contribution >= 0.6 is 15.9 Å². The topological polar surface area (TPSA) is 18.5 Å².